The lowest BCUT2D eigenvalue weighted by Gasteiger charge is -2.35. The maximum Gasteiger partial charge on any atom is 0.256 e. The van der Waals surface area contributed by atoms with Crippen LogP contribution in [0.3, 0.4) is 0 Å². The lowest BCUT2D eigenvalue weighted by molar-refractivity contribution is 0.0909. The van der Waals surface area contributed by atoms with Crippen LogP contribution in [0.5, 0.6) is 0 Å². The number of hydrogen-bond donors (Lipinski definition) is 2. The monoisotopic (exact) mass is 339 g/mol. The first-order chi connectivity index (χ1) is 12.2. The predicted molar refractivity (Wildman–Crippen MR) is 94.6 cm³/mol. The zero-order valence-corrected chi connectivity index (χ0v) is 14.1. The fourth-order valence-electron chi connectivity index (χ4n) is 3.73. The molecule has 2 atom stereocenters. The van der Waals surface area contributed by atoms with Gasteiger partial charge < -0.3 is 20.2 Å². The number of carbonyl (C=O) groups is 1. The van der Waals surface area contributed by atoms with Crippen LogP contribution in [0.25, 0.3) is 0 Å². The molecular weight excluding hydrogens is 318 g/mol. The number of anilines is 2. The van der Waals surface area contributed by atoms with Gasteiger partial charge in [-0.25, -0.2) is 9.97 Å². The van der Waals surface area contributed by atoms with Crippen molar-refractivity contribution in [2.45, 2.75) is 25.4 Å². The number of fused-ring (bicyclic) bond motifs is 2. The molecule has 7 nitrogen and oxygen atoms in total. The molecule has 0 spiro atoms. The second-order valence-corrected chi connectivity index (χ2v) is 6.62. The van der Waals surface area contributed by atoms with E-state index in [0.29, 0.717) is 23.6 Å². The normalized spacial score (nSPS) is 21.7. The number of aryl methyl sites for hydroxylation is 1. The number of benzene rings is 1. The number of hydrogen-bond acceptors (Lipinski definition) is 6. The fourth-order valence-corrected chi connectivity index (χ4v) is 3.73. The first kappa shape index (κ1) is 15.8. The minimum absolute atomic E-state index is 0.350. The maximum absolute atomic E-state index is 11.7. The third-order valence-electron chi connectivity index (χ3n) is 5.00. The lowest BCUT2D eigenvalue weighted by Crippen LogP contribution is -2.47. The molecule has 2 bridgehead atoms. The highest BCUT2D eigenvalue weighted by molar-refractivity contribution is 5.93. The van der Waals surface area contributed by atoms with Gasteiger partial charge in [0.2, 0.25) is 5.95 Å². The Kier molecular flexibility index (Phi) is 4.01. The number of rotatable bonds is 4. The molecule has 2 fully saturated rings. The summed E-state index contributed by atoms with van der Waals surface area (Å²) < 4.78 is 0. The van der Waals surface area contributed by atoms with Gasteiger partial charge in [-0.15, -0.1) is 0 Å². The van der Waals surface area contributed by atoms with Gasteiger partial charge in [-0.3, -0.25) is 4.79 Å². The smallest absolute Gasteiger partial charge is 0.256 e. The van der Waals surface area contributed by atoms with Crippen molar-refractivity contribution in [1.82, 2.24) is 15.3 Å². The minimum Gasteiger partial charge on any atom is -0.376 e. The van der Waals surface area contributed by atoms with Crippen molar-refractivity contribution in [3.8, 4) is 0 Å². The van der Waals surface area contributed by atoms with Gasteiger partial charge in [0.05, 0.1) is 11.6 Å². The van der Waals surface area contributed by atoms with Crippen molar-refractivity contribution >= 4 is 17.5 Å². The van der Waals surface area contributed by atoms with E-state index in [4.69, 9.17) is 5.11 Å². The number of amides is 1. The summed E-state index contributed by atoms with van der Waals surface area (Å²) in [5.41, 5.74) is 2.89. The Balaban J connectivity index is 1.45. The highest BCUT2D eigenvalue weighted by Gasteiger charge is 2.44. The van der Waals surface area contributed by atoms with Gasteiger partial charge in [-0.1, -0.05) is 17.7 Å². The first-order valence-electron chi connectivity index (χ1n) is 8.47. The summed E-state index contributed by atoms with van der Waals surface area (Å²) in [4.78, 5) is 25.0. The molecule has 0 radical (unpaired) electrons. The molecule has 1 aromatic heterocycles. The van der Waals surface area contributed by atoms with E-state index in [0.717, 1.165) is 19.5 Å². The van der Waals surface area contributed by atoms with E-state index >= 15 is 0 Å². The molecule has 2 aromatic rings. The van der Waals surface area contributed by atoms with Crippen LogP contribution in [-0.2, 0) is 0 Å². The molecule has 1 aromatic carbocycles. The van der Waals surface area contributed by atoms with Crippen LogP contribution in [0.15, 0.2) is 36.7 Å². The highest BCUT2D eigenvalue weighted by atomic mass is 16.3. The lowest BCUT2D eigenvalue weighted by atomic mass is 10.2. The van der Waals surface area contributed by atoms with Crippen LogP contribution in [0, 0.1) is 6.92 Å². The summed E-state index contributed by atoms with van der Waals surface area (Å²) in [5, 5.41) is 11.1. The Hall–Kier alpha value is -2.67. The zero-order valence-electron chi connectivity index (χ0n) is 14.1. The number of aromatic nitrogens is 2. The van der Waals surface area contributed by atoms with E-state index in [2.05, 4.69) is 56.3 Å². The molecule has 2 aliphatic rings. The molecule has 2 saturated heterocycles. The van der Waals surface area contributed by atoms with Crippen LogP contribution in [-0.4, -0.2) is 52.9 Å². The Morgan fingerprint density at radius 3 is 2.40 bits per heavy atom. The average molecular weight is 339 g/mol. The first-order valence-corrected chi connectivity index (χ1v) is 8.47. The molecular formula is C18H21N5O2. The van der Waals surface area contributed by atoms with Crippen LogP contribution >= 0.6 is 0 Å². The van der Waals surface area contributed by atoms with Gasteiger partial charge in [0, 0.05) is 37.2 Å². The number of nitrogens with zero attached hydrogens (tertiary/aromatic N) is 4. The van der Waals surface area contributed by atoms with Gasteiger partial charge in [0.25, 0.3) is 5.91 Å². The van der Waals surface area contributed by atoms with Crippen LogP contribution in [0.1, 0.15) is 22.3 Å². The van der Waals surface area contributed by atoms with E-state index in [1.54, 1.807) is 0 Å². The quantitative estimate of drug-likeness (QED) is 0.807. The van der Waals surface area contributed by atoms with Crippen molar-refractivity contribution in [1.29, 1.82) is 0 Å². The molecule has 25 heavy (non-hydrogen) atoms. The maximum atomic E-state index is 11.7. The molecule has 3 heterocycles. The van der Waals surface area contributed by atoms with Gasteiger partial charge in [0.15, 0.2) is 0 Å². The number of aliphatic hydroxyl groups excluding tert-OH is 1. The summed E-state index contributed by atoms with van der Waals surface area (Å²) >= 11 is 0. The van der Waals surface area contributed by atoms with Crippen molar-refractivity contribution in [2.24, 2.45) is 0 Å². The topological polar surface area (TPSA) is 81.6 Å². The van der Waals surface area contributed by atoms with Gasteiger partial charge in [-0.2, -0.15) is 0 Å². The van der Waals surface area contributed by atoms with Crippen molar-refractivity contribution < 1.29 is 9.90 Å². The molecule has 4 rings (SSSR count). The second kappa shape index (κ2) is 6.33. The fraction of sp³-hybridized carbons (Fsp3) is 0.389. The number of nitrogens with one attached hydrogen (secondary N) is 1. The van der Waals surface area contributed by atoms with Gasteiger partial charge >= 0.3 is 0 Å². The largest absolute Gasteiger partial charge is 0.376 e. The number of aliphatic hydroxyl groups is 1. The predicted octanol–water partition coefficient (Wildman–Crippen LogP) is 0.932. The van der Waals surface area contributed by atoms with Crippen LogP contribution < -0.4 is 15.1 Å². The highest BCUT2D eigenvalue weighted by Crippen LogP contribution is 2.36. The van der Waals surface area contributed by atoms with Crippen LogP contribution in [0.4, 0.5) is 11.6 Å². The Morgan fingerprint density at radius 2 is 1.80 bits per heavy atom. The zero-order chi connectivity index (χ0) is 17.4. The van der Waals surface area contributed by atoms with E-state index in [1.165, 1.54) is 23.6 Å². The molecule has 130 valence electrons. The number of carbonyl (C=O) groups excluding carboxylic acids is 1. The van der Waals surface area contributed by atoms with E-state index in [-0.39, 0.29) is 5.91 Å². The third kappa shape index (κ3) is 2.91. The van der Waals surface area contributed by atoms with Crippen molar-refractivity contribution in [3.63, 3.8) is 0 Å². The second-order valence-electron chi connectivity index (χ2n) is 6.62. The molecule has 7 heteroatoms. The van der Waals surface area contributed by atoms with Gasteiger partial charge in [0.1, 0.15) is 6.73 Å². The molecule has 0 saturated carbocycles. The van der Waals surface area contributed by atoms with Crippen LogP contribution in [0.2, 0.25) is 0 Å². The van der Waals surface area contributed by atoms with E-state index in [9.17, 15) is 4.79 Å². The summed E-state index contributed by atoms with van der Waals surface area (Å²) in [6.07, 6.45) is 4.12. The van der Waals surface area contributed by atoms with Crippen molar-refractivity contribution in [3.05, 3.63) is 47.8 Å². The molecule has 0 aliphatic carbocycles. The molecule has 2 aliphatic heterocycles. The molecule has 2 N–H and O–H groups in total. The Bertz CT molecular complexity index is 762. The van der Waals surface area contributed by atoms with Gasteiger partial charge in [-0.05, 0) is 25.5 Å². The molecule has 2 unspecified atom stereocenters. The third-order valence-corrected chi connectivity index (χ3v) is 5.00. The SMILES string of the molecule is Cc1ccc(N2CC3CC2CN3c2ncc(C(=O)NCO)cn2)cc1. The molecule has 1 amide bonds. The summed E-state index contributed by atoms with van der Waals surface area (Å²) in [7, 11) is 0. The summed E-state index contributed by atoms with van der Waals surface area (Å²) in [6, 6.07) is 9.53. The average Bonchev–Trinajstić information content (AvgIpc) is 3.23. The van der Waals surface area contributed by atoms with E-state index in [1.807, 2.05) is 0 Å². The standard InChI is InChI=1S/C18H21N5O2/c1-12-2-4-14(5-3-12)22-9-16-6-15(22)10-23(16)18-19-7-13(8-20-18)17(25)21-11-24/h2-5,7-8,15-16,24H,6,9-11H2,1H3,(H,21,25). The Morgan fingerprint density at radius 1 is 1.16 bits per heavy atom. The summed E-state index contributed by atoms with van der Waals surface area (Å²) in [5.74, 6) is 0.291. The van der Waals surface area contributed by atoms with E-state index < -0.39 is 6.73 Å². The minimum atomic E-state index is -0.398. The summed E-state index contributed by atoms with van der Waals surface area (Å²) in [6.45, 7) is 3.55. The number of piperazine rings is 1. The van der Waals surface area contributed by atoms with Crippen molar-refractivity contribution in [2.75, 3.05) is 29.6 Å². The Labute approximate surface area is 146 Å².